The maximum absolute atomic E-state index is 6.08. The van der Waals surface area contributed by atoms with E-state index in [1.165, 1.54) is 19.3 Å². The highest BCUT2D eigenvalue weighted by molar-refractivity contribution is 5.25. The molecule has 1 spiro atoms. The van der Waals surface area contributed by atoms with Crippen LogP contribution in [0.4, 0.5) is 0 Å². The normalized spacial score (nSPS) is 53.4. The lowest BCUT2D eigenvalue weighted by Gasteiger charge is -2.38. The monoisotopic (exact) mass is 218 g/mol. The molecular formula is C14H18O2. The molecule has 3 fully saturated rings. The second-order valence-electron chi connectivity index (χ2n) is 5.69. The van der Waals surface area contributed by atoms with Crippen LogP contribution in [0, 0.1) is 23.7 Å². The molecule has 2 bridgehead atoms. The van der Waals surface area contributed by atoms with Crippen molar-refractivity contribution >= 4 is 0 Å². The largest absolute Gasteiger partial charge is 0.467 e. The van der Waals surface area contributed by atoms with Crippen LogP contribution in [-0.2, 0) is 9.47 Å². The van der Waals surface area contributed by atoms with Gasteiger partial charge in [0, 0.05) is 18.3 Å². The third-order valence-electron chi connectivity index (χ3n) is 4.91. The highest BCUT2D eigenvalue weighted by Gasteiger charge is 2.63. The molecule has 16 heavy (non-hydrogen) atoms. The number of allylic oxidation sites excluding steroid dienone is 3. The summed E-state index contributed by atoms with van der Waals surface area (Å²) in [5, 5.41) is 0. The number of ether oxygens (including phenoxy) is 2. The minimum absolute atomic E-state index is 0.301. The molecule has 2 nitrogen and oxygen atoms in total. The lowest BCUT2D eigenvalue weighted by Crippen LogP contribution is -2.44. The minimum Gasteiger partial charge on any atom is -0.467 e. The Labute approximate surface area is 96.3 Å². The molecule has 86 valence electrons. The number of hydrogen-bond acceptors (Lipinski definition) is 2. The zero-order valence-electron chi connectivity index (χ0n) is 9.52. The Kier molecular flexibility index (Phi) is 1.69. The van der Waals surface area contributed by atoms with Gasteiger partial charge in [-0.05, 0) is 31.1 Å². The molecule has 2 heteroatoms. The van der Waals surface area contributed by atoms with Gasteiger partial charge in [-0.25, -0.2) is 0 Å². The molecule has 5 unspecified atom stereocenters. The first kappa shape index (κ1) is 9.29. The summed E-state index contributed by atoms with van der Waals surface area (Å²) in [6.45, 7) is 4.99. The van der Waals surface area contributed by atoms with Crippen LogP contribution in [-0.4, -0.2) is 12.4 Å². The first-order valence-electron chi connectivity index (χ1n) is 6.50. The quantitative estimate of drug-likeness (QED) is 0.582. The average Bonchev–Trinajstić information content (AvgIpc) is 2.94. The van der Waals surface area contributed by atoms with Crippen LogP contribution in [0.5, 0.6) is 0 Å². The number of rotatable bonds is 0. The SMILES string of the molecule is C=C1OC2(CCCCO2)C2C3C=CC(C3)C12. The highest BCUT2D eigenvalue weighted by Crippen LogP contribution is 2.62. The predicted octanol–water partition coefficient (Wildman–Crippen LogP) is 2.87. The molecular weight excluding hydrogens is 200 g/mol. The second-order valence-corrected chi connectivity index (χ2v) is 5.69. The molecule has 0 radical (unpaired) electrons. The second kappa shape index (κ2) is 2.92. The van der Waals surface area contributed by atoms with Gasteiger partial charge in [0.15, 0.2) is 0 Å². The lowest BCUT2D eigenvalue weighted by atomic mass is 9.77. The molecule has 2 heterocycles. The van der Waals surface area contributed by atoms with E-state index < -0.39 is 0 Å². The molecule has 0 N–H and O–H groups in total. The van der Waals surface area contributed by atoms with E-state index in [2.05, 4.69) is 18.7 Å². The smallest absolute Gasteiger partial charge is 0.214 e. The van der Waals surface area contributed by atoms with E-state index in [1.807, 2.05) is 0 Å². The fourth-order valence-corrected chi connectivity index (χ4v) is 4.35. The summed E-state index contributed by atoms with van der Waals surface area (Å²) in [6, 6.07) is 0. The molecule has 2 aliphatic heterocycles. The van der Waals surface area contributed by atoms with E-state index in [9.17, 15) is 0 Å². The molecule has 1 saturated carbocycles. The van der Waals surface area contributed by atoms with Crippen LogP contribution in [0.3, 0.4) is 0 Å². The van der Waals surface area contributed by atoms with Gasteiger partial charge < -0.3 is 9.47 Å². The first-order chi connectivity index (χ1) is 7.80. The third-order valence-corrected chi connectivity index (χ3v) is 4.91. The third kappa shape index (κ3) is 0.969. The van der Waals surface area contributed by atoms with Crippen molar-refractivity contribution in [3.8, 4) is 0 Å². The number of fused-ring (bicyclic) bond motifs is 6. The van der Waals surface area contributed by atoms with Crippen LogP contribution in [0.1, 0.15) is 25.7 Å². The summed E-state index contributed by atoms with van der Waals surface area (Å²) in [5.41, 5.74) is 0. The van der Waals surface area contributed by atoms with Crippen LogP contribution >= 0.6 is 0 Å². The van der Waals surface area contributed by atoms with Crippen molar-refractivity contribution < 1.29 is 9.47 Å². The van der Waals surface area contributed by atoms with Crippen molar-refractivity contribution in [3.05, 3.63) is 24.5 Å². The van der Waals surface area contributed by atoms with Crippen LogP contribution < -0.4 is 0 Å². The van der Waals surface area contributed by atoms with E-state index in [1.54, 1.807) is 0 Å². The fourth-order valence-electron chi connectivity index (χ4n) is 4.35. The Hall–Kier alpha value is -0.760. The Morgan fingerprint density at radius 3 is 2.94 bits per heavy atom. The molecule has 4 aliphatic rings. The summed E-state index contributed by atoms with van der Waals surface area (Å²) >= 11 is 0. The van der Waals surface area contributed by atoms with Gasteiger partial charge in [0.2, 0.25) is 5.79 Å². The van der Waals surface area contributed by atoms with Crippen molar-refractivity contribution in [1.29, 1.82) is 0 Å². The molecule has 5 atom stereocenters. The van der Waals surface area contributed by atoms with E-state index >= 15 is 0 Å². The minimum atomic E-state index is -0.301. The van der Waals surface area contributed by atoms with Gasteiger partial charge in [-0.15, -0.1) is 0 Å². The van der Waals surface area contributed by atoms with Crippen molar-refractivity contribution in [2.75, 3.05) is 6.61 Å². The molecule has 0 aromatic carbocycles. The summed E-state index contributed by atoms with van der Waals surface area (Å²) in [5.74, 6) is 3.12. The van der Waals surface area contributed by atoms with Crippen LogP contribution in [0.25, 0.3) is 0 Å². The first-order valence-corrected chi connectivity index (χ1v) is 6.50. The van der Waals surface area contributed by atoms with E-state index in [-0.39, 0.29) is 5.79 Å². The molecule has 0 aromatic heterocycles. The molecule has 0 aromatic rings. The average molecular weight is 218 g/mol. The van der Waals surface area contributed by atoms with Gasteiger partial charge in [0.05, 0.1) is 12.4 Å². The molecule has 2 saturated heterocycles. The molecule has 4 rings (SSSR count). The van der Waals surface area contributed by atoms with E-state index in [0.29, 0.717) is 23.7 Å². The standard InChI is InChI=1S/C14H18O2/c1-9-12-10-4-5-11(8-10)13(12)14(16-9)6-2-3-7-15-14/h4-5,10-13H,1-3,6-8H2. The summed E-state index contributed by atoms with van der Waals surface area (Å²) < 4.78 is 12.1. The summed E-state index contributed by atoms with van der Waals surface area (Å²) in [7, 11) is 0. The summed E-state index contributed by atoms with van der Waals surface area (Å²) in [4.78, 5) is 0. The molecule has 2 aliphatic carbocycles. The van der Waals surface area contributed by atoms with Crippen LogP contribution in [0.15, 0.2) is 24.5 Å². The van der Waals surface area contributed by atoms with Gasteiger partial charge in [-0.2, -0.15) is 0 Å². The van der Waals surface area contributed by atoms with Gasteiger partial charge in [-0.3, -0.25) is 0 Å². The van der Waals surface area contributed by atoms with Crippen molar-refractivity contribution in [2.24, 2.45) is 23.7 Å². The Morgan fingerprint density at radius 2 is 2.12 bits per heavy atom. The topological polar surface area (TPSA) is 18.5 Å². The van der Waals surface area contributed by atoms with E-state index in [4.69, 9.17) is 9.47 Å². The molecule has 0 amide bonds. The maximum atomic E-state index is 6.08. The van der Waals surface area contributed by atoms with Crippen molar-refractivity contribution in [3.63, 3.8) is 0 Å². The van der Waals surface area contributed by atoms with Crippen molar-refractivity contribution in [1.82, 2.24) is 0 Å². The highest BCUT2D eigenvalue weighted by atomic mass is 16.7. The Morgan fingerprint density at radius 1 is 1.25 bits per heavy atom. The van der Waals surface area contributed by atoms with Gasteiger partial charge >= 0.3 is 0 Å². The Bertz CT molecular complexity index is 365. The predicted molar refractivity (Wildman–Crippen MR) is 60.5 cm³/mol. The lowest BCUT2D eigenvalue weighted by molar-refractivity contribution is -0.244. The fraction of sp³-hybridized carbons (Fsp3) is 0.714. The van der Waals surface area contributed by atoms with Crippen molar-refractivity contribution in [2.45, 2.75) is 31.5 Å². The summed E-state index contributed by atoms with van der Waals surface area (Å²) in [6.07, 6.45) is 9.51. The van der Waals surface area contributed by atoms with E-state index in [0.717, 1.165) is 18.8 Å². The van der Waals surface area contributed by atoms with Crippen LogP contribution in [0.2, 0.25) is 0 Å². The van der Waals surface area contributed by atoms with Gasteiger partial charge in [0.1, 0.15) is 0 Å². The maximum Gasteiger partial charge on any atom is 0.214 e. The van der Waals surface area contributed by atoms with Gasteiger partial charge in [-0.1, -0.05) is 18.7 Å². The number of hydrogen-bond donors (Lipinski definition) is 0. The zero-order valence-corrected chi connectivity index (χ0v) is 9.52. The van der Waals surface area contributed by atoms with Gasteiger partial charge in [0.25, 0.3) is 0 Å². The zero-order chi connectivity index (χ0) is 10.8. The Balaban J connectivity index is 1.75.